The van der Waals surface area contributed by atoms with E-state index in [1.807, 2.05) is 30.3 Å². The molecular weight excluding hydrogens is 308 g/mol. The highest BCUT2D eigenvalue weighted by Gasteiger charge is 2.42. The third kappa shape index (κ3) is 2.15. The van der Waals surface area contributed by atoms with Crippen molar-refractivity contribution in [1.29, 1.82) is 0 Å². The molecule has 0 spiro atoms. The highest BCUT2D eigenvalue weighted by atomic mass is 79.9. The van der Waals surface area contributed by atoms with Crippen LogP contribution in [-0.2, 0) is 9.53 Å². The van der Waals surface area contributed by atoms with Crippen LogP contribution in [0.5, 0.6) is 5.75 Å². The Bertz CT molecular complexity index is 638. The summed E-state index contributed by atoms with van der Waals surface area (Å²) in [6, 6.07) is 12.0. The number of carbonyl (C=O) groups is 1. The molecule has 4 heteroatoms. The molecule has 1 fully saturated rings. The summed E-state index contributed by atoms with van der Waals surface area (Å²) in [6.07, 6.45) is -0.203. The Labute approximate surface area is 119 Å². The molecule has 0 heterocycles. The standard InChI is InChI=1S/C15H13BrO3/c1-18-15-11(17)8-13(15)19-12-7-6-9-4-2-3-5-10(9)14(12)16/h2-7,13,15H,8H2,1H3. The lowest BCUT2D eigenvalue weighted by Gasteiger charge is -2.34. The maximum Gasteiger partial charge on any atom is 0.169 e. The molecule has 0 aromatic heterocycles. The van der Waals surface area contributed by atoms with Gasteiger partial charge in [-0.05, 0) is 32.8 Å². The first-order chi connectivity index (χ1) is 9.20. The van der Waals surface area contributed by atoms with Crippen LogP contribution in [-0.4, -0.2) is 25.1 Å². The molecule has 0 bridgehead atoms. The lowest BCUT2D eigenvalue weighted by Crippen LogP contribution is -2.51. The summed E-state index contributed by atoms with van der Waals surface area (Å²) in [5.41, 5.74) is 0. The van der Waals surface area contributed by atoms with Gasteiger partial charge in [0.1, 0.15) is 11.9 Å². The predicted molar refractivity (Wildman–Crippen MR) is 76.5 cm³/mol. The normalized spacial score (nSPS) is 22.3. The molecule has 0 radical (unpaired) electrons. The number of ketones is 1. The van der Waals surface area contributed by atoms with Gasteiger partial charge in [0.2, 0.25) is 0 Å². The van der Waals surface area contributed by atoms with Crippen molar-refractivity contribution in [2.75, 3.05) is 7.11 Å². The van der Waals surface area contributed by atoms with Gasteiger partial charge in [0.05, 0.1) is 4.47 Å². The quantitative estimate of drug-likeness (QED) is 0.870. The average Bonchev–Trinajstić information content (AvgIpc) is 2.41. The Kier molecular flexibility index (Phi) is 3.29. The average molecular weight is 321 g/mol. The Morgan fingerprint density at radius 1 is 1.21 bits per heavy atom. The summed E-state index contributed by atoms with van der Waals surface area (Å²) in [5, 5.41) is 2.24. The van der Waals surface area contributed by atoms with Gasteiger partial charge in [-0.3, -0.25) is 4.79 Å². The molecule has 3 nitrogen and oxygen atoms in total. The number of rotatable bonds is 3. The van der Waals surface area contributed by atoms with Gasteiger partial charge in [-0.2, -0.15) is 0 Å². The lowest BCUT2D eigenvalue weighted by molar-refractivity contribution is -0.151. The minimum absolute atomic E-state index is 0.101. The molecule has 1 aliphatic rings. The summed E-state index contributed by atoms with van der Waals surface area (Å²) in [5.74, 6) is 0.850. The van der Waals surface area contributed by atoms with Crippen LogP contribution in [0.1, 0.15) is 6.42 Å². The minimum atomic E-state index is -0.432. The van der Waals surface area contributed by atoms with Crippen LogP contribution in [0.15, 0.2) is 40.9 Å². The van der Waals surface area contributed by atoms with E-state index in [9.17, 15) is 4.79 Å². The summed E-state index contributed by atoms with van der Waals surface area (Å²) in [4.78, 5) is 11.3. The second kappa shape index (κ2) is 4.94. The van der Waals surface area contributed by atoms with Crippen molar-refractivity contribution in [2.45, 2.75) is 18.6 Å². The third-order valence-corrected chi connectivity index (χ3v) is 4.24. The number of Topliss-reactive ketones (excluding diaryl/α,β-unsaturated/α-hetero) is 1. The van der Waals surface area contributed by atoms with E-state index in [1.165, 1.54) is 7.11 Å². The monoisotopic (exact) mass is 320 g/mol. The topological polar surface area (TPSA) is 35.5 Å². The second-order valence-electron chi connectivity index (χ2n) is 4.58. The van der Waals surface area contributed by atoms with E-state index in [2.05, 4.69) is 22.0 Å². The minimum Gasteiger partial charge on any atom is -0.486 e. The molecule has 2 atom stereocenters. The van der Waals surface area contributed by atoms with Crippen molar-refractivity contribution < 1.29 is 14.3 Å². The summed E-state index contributed by atoms with van der Waals surface area (Å²) >= 11 is 3.57. The number of ether oxygens (including phenoxy) is 2. The van der Waals surface area contributed by atoms with Crippen molar-refractivity contribution in [3.63, 3.8) is 0 Å². The molecule has 2 unspecified atom stereocenters. The maximum absolute atomic E-state index is 11.3. The summed E-state index contributed by atoms with van der Waals surface area (Å²) < 4.78 is 11.9. The molecule has 3 rings (SSSR count). The molecule has 19 heavy (non-hydrogen) atoms. The molecule has 1 aliphatic carbocycles. The zero-order chi connectivity index (χ0) is 13.4. The number of hydrogen-bond donors (Lipinski definition) is 0. The van der Waals surface area contributed by atoms with E-state index in [0.29, 0.717) is 6.42 Å². The number of halogens is 1. The maximum atomic E-state index is 11.3. The number of hydrogen-bond acceptors (Lipinski definition) is 3. The Balaban J connectivity index is 1.90. The van der Waals surface area contributed by atoms with Crippen molar-refractivity contribution in [2.24, 2.45) is 0 Å². The highest BCUT2D eigenvalue weighted by molar-refractivity contribution is 9.10. The highest BCUT2D eigenvalue weighted by Crippen LogP contribution is 2.35. The number of fused-ring (bicyclic) bond motifs is 1. The molecule has 98 valence electrons. The molecule has 1 saturated carbocycles. The molecule has 2 aromatic carbocycles. The van der Waals surface area contributed by atoms with Crippen LogP contribution < -0.4 is 4.74 Å². The fraction of sp³-hybridized carbons (Fsp3) is 0.267. The first-order valence-corrected chi connectivity index (χ1v) is 6.89. The fourth-order valence-electron chi connectivity index (χ4n) is 2.32. The summed E-state index contributed by atoms with van der Waals surface area (Å²) in [7, 11) is 1.54. The lowest BCUT2D eigenvalue weighted by atomic mass is 9.90. The van der Waals surface area contributed by atoms with Gasteiger partial charge < -0.3 is 9.47 Å². The smallest absolute Gasteiger partial charge is 0.169 e. The van der Waals surface area contributed by atoms with Crippen molar-refractivity contribution in [3.05, 3.63) is 40.9 Å². The van der Waals surface area contributed by atoms with Gasteiger partial charge in [0.25, 0.3) is 0 Å². The van der Waals surface area contributed by atoms with E-state index in [4.69, 9.17) is 9.47 Å². The first-order valence-electron chi connectivity index (χ1n) is 6.10. The Hall–Kier alpha value is -1.39. The summed E-state index contributed by atoms with van der Waals surface area (Å²) in [6.45, 7) is 0. The zero-order valence-corrected chi connectivity index (χ0v) is 12.0. The molecule has 0 aliphatic heterocycles. The predicted octanol–water partition coefficient (Wildman–Crippen LogP) is 3.34. The van der Waals surface area contributed by atoms with E-state index < -0.39 is 6.10 Å². The number of benzene rings is 2. The fourth-order valence-corrected chi connectivity index (χ4v) is 2.91. The van der Waals surface area contributed by atoms with E-state index in [1.54, 1.807) is 0 Å². The first kappa shape index (κ1) is 12.6. The third-order valence-electron chi connectivity index (χ3n) is 3.42. The zero-order valence-electron chi connectivity index (χ0n) is 10.4. The molecular formula is C15H13BrO3. The molecule has 0 saturated heterocycles. The van der Waals surface area contributed by atoms with Crippen LogP contribution in [0.4, 0.5) is 0 Å². The van der Waals surface area contributed by atoms with Gasteiger partial charge in [-0.1, -0.05) is 30.3 Å². The van der Waals surface area contributed by atoms with Crippen molar-refractivity contribution in [1.82, 2.24) is 0 Å². The van der Waals surface area contributed by atoms with Gasteiger partial charge >= 0.3 is 0 Å². The van der Waals surface area contributed by atoms with Gasteiger partial charge in [-0.15, -0.1) is 0 Å². The molecule has 0 amide bonds. The Morgan fingerprint density at radius 2 is 2.00 bits per heavy atom. The van der Waals surface area contributed by atoms with Crippen LogP contribution in [0.25, 0.3) is 10.8 Å². The van der Waals surface area contributed by atoms with Gasteiger partial charge in [-0.25, -0.2) is 0 Å². The largest absolute Gasteiger partial charge is 0.486 e. The van der Waals surface area contributed by atoms with Gasteiger partial charge in [0, 0.05) is 13.5 Å². The molecule has 2 aromatic rings. The van der Waals surface area contributed by atoms with Gasteiger partial charge in [0.15, 0.2) is 11.9 Å². The van der Waals surface area contributed by atoms with E-state index >= 15 is 0 Å². The molecule has 0 N–H and O–H groups in total. The number of methoxy groups -OCH3 is 1. The second-order valence-corrected chi connectivity index (χ2v) is 5.37. The van der Waals surface area contributed by atoms with Crippen molar-refractivity contribution in [3.8, 4) is 5.75 Å². The Morgan fingerprint density at radius 3 is 2.74 bits per heavy atom. The van der Waals surface area contributed by atoms with Crippen LogP contribution in [0.2, 0.25) is 0 Å². The van der Waals surface area contributed by atoms with E-state index in [-0.39, 0.29) is 11.9 Å². The van der Waals surface area contributed by atoms with E-state index in [0.717, 1.165) is 21.0 Å². The van der Waals surface area contributed by atoms with Crippen molar-refractivity contribution >= 4 is 32.5 Å². The van der Waals surface area contributed by atoms with Crippen LogP contribution in [0.3, 0.4) is 0 Å². The van der Waals surface area contributed by atoms with Crippen LogP contribution >= 0.6 is 15.9 Å². The number of carbonyl (C=O) groups excluding carboxylic acids is 1. The van der Waals surface area contributed by atoms with Crippen LogP contribution in [0, 0.1) is 0 Å². The SMILES string of the molecule is COC1C(=O)CC1Oc1ccc2ccccc2c1Br.